The SMILES string of the molecule is Cc1ccc(C)n1-c1ccc2c(N)nc(N)nc2c1. The number of nitrogens with zero attached hydrogens (tertiary/aromatic N) is 3. The number of aryl methyl sites for hydroxylation is 2. The molecule has 2 heterocycles. The van der Waals surface area contributed by atoms with Crippen LogP contribution in [0.3, 0.4) is 0 Å². The van der Waals surface area contributed by atoms with E-state index in [4.69, 9.17) is 11.5 Å². The summed E-state index contributed by atoms with van der Waals surface area (Å²) in [6.45, 7) is 4.14. The molecule has 0 saturated carbocycles. The summed E-state index contributed by atoms with van der Waals surface area (Å²) in [7, 11) is 0. The average molecular weight is 253 g/mol. The minimum absolute atomic E-state index is 0.197. The van der Waals surface area contributed by atoms with E-state index in [1.807, 2.05) is 18.2 Å². The highest BCUT2D eigenvalue weighted by molar-refractivity contribution is 5.90. The number of hydrogen-bond donors (Lipinski definition) is 2. The summed E-state index contributed by atoms with van der Waals surface area (Å²) < 4.78 is 2.16. The van der Waals surface area contributed by atoms with Crippen molar-refractivity contribution in [2.45, 2.75) is 13.8 Å². The van der Waals surface area contributed by atoms with Gasteiger partial charge in [-0.15, -0.1) is 0 Å². The summed E-state index contributed by atoms with van der Waals surface area (Å²) in [6.07, 6.45) is 0. The summed E-state index contributed by atoms with van der Waals surface area (Å²) in [6, 6.07) is 10.1. The third-order valence-corrected chi connectivity index (χ3v) is 3.26. The van der Waals surface area contributed by atoms with Crippen LogP contribution in [-0.2, 0) is 0 Å². The van der Waals surface area contributed by atoms with Crippen molar-refractivity contribution in [2.24, 2.45) is 0 Å². The predicted octanol–water partition coefficient (Wildman–Crippen LogP) is 2.20. The fraction of sp³-hybridized carbons (Fsp3) is 0.143. The molecule has 1 aromatic carbocycles. The van der Waals surface area contributed by atoms with Crippen LogP contribution in [0.2, 0.25) is 0 Å². The fourth-order valence-electron chi connectivity index (χ4n) is 2.38. The zero-order valence-electron chi connectivity index (χ0n) is 10.9. The van der Waals surface area contributed by atoms with E-state index in [1.165, 1.54) is 11.4 Å². The highest BCUT2D eigenvalue weighted by Crippen LogP contribution is 2.23. The van der Waals surface area contributed by atoms with E-state index < -0.39 is 0 Å². The van der Waals surface area contributed by atoms with Crippen molar-refractivity contribution in [1.29, 1.82) is 0 Å². The second kappa shape index (κ2) is 3.98. The molecule has 0 aliphatic rings. The van der Waals surface area contributed by atoms with Gasteiger partial charge in [-0.25, -0.2) is 4.98 Å². The topological polar surface area (TPSA) is 82.8 Å². The first-order valence-electron chi connectivity index (χ1n) is 6.04. The van der Waals surface area contributed by atoms with Crippen molar-refractivity contribution in [2.75, 3.05) is 11.5 Å². The smallest absolute Gasteiger partial charge is 0.222 e. The van der Waals surface area contributed by atoms with Crippen LogP contribution >= 0.6 is 0 Å². The first-order valence-corrected chi connectivity index (χ1v) is 6.04. The molecule has 96 valence electrons. The van der Waals surface area contributed by atoms with Gasteiger partial charge in [-0.05, 0) is 44.2 Å². The number of fused-ring (bicyclic) bond motifs is 1. The summed E-state index contributed by atoms with van der Waals surface area (Å²) in [5.74, 6) is 0.609. The minimum atomic E-state index is 0.197. The van der Waals surface area contributed by atoms with Crippen LogP contribution in [0.1, 0.15) is 11.4 Å². The molecule has 0 spiro atoms. The van der Waals surface area contributed by atoms with Gasteiger partial charge in [0.15, 0.2) is 0 Å². The Morgan fingerprint density at radius 2 is 1.63 bits per heavy atom. The molecular weight excluding hydrogens is 238 g/mol. The van der Waals surface area contributed by atoms with E-state index in [2.05, 4.69) is 40.5 Å². The summed E-state index contributed by atoms with van der Waals surface area (Å²) >= 11 is 0. The third kappa shape index (κ3) is 1.79. The Morgan fingerprint density at radius 3 is 2.32 bits per heavy atom. The number of aromatic nitrogens is 3. The van der Waals surface area contributed by atoms with Gasteiger partial charge in [-0.1, -0.05) is 0 Å². The summed E-state index contributed by atoms with van der Waals surface area (Å²) in [5.41, 5.74) is 15.6. The molecule has 0 amide bonds. The molecule has 5 nitrogen and oxygen atoms in total. The maximum Gasteiger partial charge on any atom is 0.222 e. The van der Waals surface area contributed by atoms with Crippen molar-refractivity contribution < 1.29 is 0 Å². The summed E-state index contributed by atoms with van der Waals surface area (Å²) in [5, 5.41) is 0.820. The van der Waals surface area contributed by atoms with Crippen molar-refractivity contribution in [3.63, 3.8) is 0 Å². The van der Waals surface area contributed by atoms with Gasteiger partial charge in [0.05, 0.1) is 5.52 Å². The Kier molecular flexibility index (Phi) is 2.41. The molecule has 0 atom stereocenters. The molecule has 0 unspecified atom stereocenters. The number of nitrogens with two attached hydrogens (primary N) is 2. The number of hydrogen-bond acceptors (Lipinski definition) is 4. The average Bonchev–Trinajstić information content (AvgIpc) is 2.68. The molecule has 0 saturated heterocycles. The lowest BCUT2D eigenvalue weighted by molar-refractivity contribution is 0.967. The van der Waals surface area contributed by atoms with Crippen LogP contribution in [0.4, 0.5) is 11.8 Å². The van der Waals surface area contributed by atoms with Gasteiger partial charge >= 0.3 is 0 Å². The van der Waals surface area contributed by atoms with Crippen molar-refractivity contribution >= 4 is 22.7 Å². The van der Waals surface area contributed by atoms with Gasteiger partial charge in [0.1, 0.15) is 5.82 Å². The highest BCUT2D eigenvalue weighted by atomic mass is 15.0. The van der Waals surface area contributed by atoms with E-state index in [9.17, 15) is 0 Å². The molecule has 3 rings (SSSR count). The molecule has 0 aliphatic carbocycles. The van der Waals surface area contributed by atoms with Crippen molar-refractivity contribution in [3.05, 3.63) is 41.7 Å². The van der Waals surface area contributed by atoms with Crippen LogP contribution in [0, 0.1) is 13.8 Å². The lowest BCUT2D eigenvalue weighted by Gasteiger charge is -2.11. The zero-order valence-corrected chi connectivity index (χ0v) is 10.9. The molecule has 2 aromatic heterocycles. The van der Waals surface area contributed by atoms with Crippen LogP contribution in [0.15, 0.2) is 30.3 Å². The molecule has 3 aromatic rings. The van der Waals surface area contributed by atoms with Crippen LogP contribution in [0.25, 0.3) is 16.6 Å². The van der Waals surface area contributed by atoms with Gasteiger partial charge in [-0.2, -0.15) is 4.98 Å². The maximum absolute atomic E-state index is 5.85. The molecule has 4 N–H and O–H groups in total. The van der Waals surface area contributed by atoms with E-state index in [-0.39, 0.29) is 5.95 Å². The van der Waals surface area contributed by atoms with E-state index >= 15 is 0 Å². The Hall–Kier alpha value is -2.56. The Bertz CT molecular complexity index is 753. The number of benzene rings is 1. The van der Waals surface area contributed by atoms with Crippen LogP contribution < -0.4 is 11.5 Å². The largest absolute Gasteiger partial charge is 0.383 e. The number of anilines is 2. The lowest BCUT2D eigenvalue weighted by atomic mass is 10.2. The Morgan fingerprint density at radius 1 is 0.947 bits per heavy atom. The first kappa shape index (κ1) is 11.5. The molecule has 19 heavy (non-hydrogen) atoms. The molecule has 0 bridgehead atoms. The standard InChI is InChI=1S/C14H15N5/c1-8-3-4-9(2)19(8)10-5-6-11-12(7-10)17-14(16)18-13(11)15/h3-7H,1-2H3,(H4,15,16,17,18). The first-order chi connectivity index (χ1) is 9.06. The maximum atomic E-state index is 5.85. The van der Waals surface area contributed by atoms with E-state index in [1.54, 1.807) is 0 Å². The minimum Gasteiger partial charge on any atom is -0.383 e. The molecule has 0 aliphatic heterocycles. The molecular formula is C14H15N5. The predicted molar refractivity (Wildman–Crippen MR) is 77.2 cm³/mol. The number of rotatable bonds is 1. The quantitative estimate of drug-likeness (QED) is 0.696. The van der Waals surface area contributed by atoms with Gasteiger partial charge in [-0.3, -0.25) is 0 Å². The van der Waals surface area contributed by atoms with Gasteiger partial charge in [0.25, 0.3) is 0 Å². The second-order valence-electron chi connectivity index (χ2n) is 4.62. The van der Waals surface area contributed by atoms with Gasteiger partial charge in [0, 0.05) is 22.5 Å². The fourth-order valence-corrected chi connectivity index (χ4v) is 2.38. The molecule has 5 heteroatoms. The third-order valence-electron chi connectivity index (χ3n) is 3.26. The van der Waals surface area contributed by atoms with E-state index in [0.29, 0.717) is 5.82 Å². The van der Waals surface area contributed by atoms with Gasteiger partial charge in [0.2, 0.25) is 5.95 Å². The Balaban J connectivity index is 2.28. The van der Waals surface area contributed by atoms with Crippen molar-refractivity contribution in [3.8, 4) is 5.69 Å². The second-order valence-corrected chi connectivity index (χ2v) is 4.62. The zero-order chi connectivity index (χ0) is 13.6. The highest BCUT2D eigenvalue weighted by Gasteiger charge is 2.08. The summed E-state index contributed by atoms with van der Waals surface area (Å²) in [4.78, 5) is 8.21. The number of nitrogen functional groups attached to an aromatic ring is 2. The van der Waals surface area contributed by atoms with Gasteiger partial charge < -0.3 is 16.0 Å². The normalized spacial score (nSPS) is 11.1. The van der Waals surface area contributed by atoms with E-state index in [0.717, 1.165) is 16.6 Å². The van der Waals surface area contributed by atoms with Crippen LogP contribution in [-0.4, -0.2) is 14.5 Å². The van der Waals surface area contributed by atoms with Crippen molar-refractivity contribution in [1.82, 2.24) is 14.5 Å². The lowest BCUT2D eigenvalue weighted by Crippen LogP contribution is -2.02. The van der Waals surface area contributed by atoms with Crippen LogP contribution in [0.5, 0.6) is 0 Å². The molecule has 0 fully saturated rings. The Labute approximate surface area is 110 Å². The molecule has 0 radical (unpaired) electrons. The monoisotopic (exact) mass is 253 g/mol.